The lowest BCUT2D eigenvalue weighted by Crippen LogP contribution is -3.13. The zero-order valence-electron chi connectivity index (χ0n) is 4.32. The lowest BCUT2D eigenvalue weighted by molar-refractivity contribution is -1.10. The van der Waals surface area contributed by atoms with E-state index >= 15 is 0 Å². The van der Waals surface area contributed by atoms with Gasteiger partial charge in [-0.2, -0.15) is 0 Å². The Morgan fingerprint density at radius 1 is 1.57 bits per heavy atom. The van der Waals surface area contributed by atoms with Crippen LogP contribution in [-0.2, 0) is 4.94 Å². The summed E-state index contributed by atoms with van der Waals surface area (Å²) < 4.78 is 0. The van der Waals surface area contributed by atoms with Gasteiger partial charge in [-0.3, -0.25) is 0 Å². The van der Waals surface area contributed by atoms with E-state index in [2.05, 4.69) is 15.8 Å². The average Bonchev–Trinajstić information content (AvgIpc) is 1.68. The summed E-state index contributed by atoms with van der Waals surface area (Å²) in [5.41, 5.74) is 4.45. The molecule has 0 rings (SSSR count). The molecule has 1 atom stereocenters. The van der Waals surface area contributed by atoms with Crippen LogP contribution in [0, 0.1) is 5.21 Å². The molecule has 0 saturated heterocycles. The Bertz CT molecular complexity index is 41.9. The number of quaternary nitrogens is 1. The fraction of sp³-hybridized carbons (Fsp3) is 1.00. The van der Waals surface area contributed by atoms with Gasteiger partial charge in [0, 0.05) is 14.1 Å². The number of hydrogen-bond acceptors (Lipinski definition) is 4. The second-order valence-corrected chi connectivity index (χ2v) is 0.844. The average molecular weight is 107 g/mol. The smallest absolute Gasteiger partial charge is 0.0370 e. The molecule has 7 heavy (non-hydrogen) atoms. The molecule has 0 aromatic rings. The van der Waals surface area contributed by atoms with Crippen LogP contribution >= 0.6 is 0 Å². The van der Waals surface area contributed by atoms with Crippen LogP contribution in [0.2, 0.25) is 0 Å². The van der Waals surface area contributed by atoms with Gasteiger partial charge in [0.15, 0.2) is 0 Å². The molecule has 3 N–H and O–H groups in total. The van der Waals surface area contributed by atoms with Gasteiger partial charge in [-0.15, -0.1) is 16.2 Å². The van der Waals surface area contributed by atoms with E-state index in [-0.39, 0.29) is 0 Å². The van der Waals surface area contributed by atoms with Crippen molar-refractivity contribution in [2.45, 2.75) is 0 Å². The summed E-state index contributed by atoms with van der Waals surface area (Å²) in [6.45, 7) is 0. The van der Waals surface area contributed by atoms with Crippen LogP contribution in [0.15, 0.2) is 0 Å². The summed E-state index contributed by atoms with van der Waals surface area (Å²) in [7, 11) is 2.99. The van der Waals surface area contributed by atoms with Gasteiger partial charge in [0.1, 0.15) is 0 Å². The number of hydroxylamine groups is 1. The third kappa shape index (κ3) is 3.64. The first kappa shape index (κ1) is 6.80. The van der Waals surface area contributed by atoms with E-state index < -0.39 is 5.34 Å². The standard InChI is InChI=1S/C2H9N3O2/c1-3-5(6)7-4-2/h3-5H,1-2H3. The van der Waals surface area contributed by atoms with Crippen molar-refractivity contribution < 1.29 is 10.3 Å². The molecular weight excluding hydrogens is 98.0 g/mol. The van der Waals surface area contributed by atoms with Gasteiger partial charge in [-0.05, 0) is 0 Å². The fourth-order valence-corrected chi connectivity index (χ4v) is 0.144. The predicted molar refractivity (Wildman–Crippen MR) is 23.5 cm³/mol. The van der Waals surface area contributed by atoms with Gasteiger partial charge in [-0.1, -0.05) is 4.94 Å². The van der Waals surface area contributed by atoms with Crippen LogP contribution < -0.4 is 16.2 Å². The minimum atomic E-state index is -0.484. The first-order valence-corrected chi connectivity index (χ1v) is 1.86. The van der Waals surface area contributed by atoms with E-state index in [0.29, 0.717) is 0 Å². The van der Waals surface area contributed by atoms with Crippen molar-refractivity contribution in [3.8, 4) is 0 Å². The third-order valence-electron chi connectivity index (χ3n) is 0.399. The molecule has 44 valence electrons. The molecule has 0 spiro atoms. The first-order valence-electron chi connectivity index (χ1n) is 1.86. The molecule has 0 aliphatic carbocycles. The Morgan fingerprint density at radius 2 is 2.14 bits per heavy atom. The Kier molecular flexibility index (Phi) is 3.86. The predicted octanol–water partition coefficient (Wildman–Crippen LogP) is -2.43. The first-order chi connectivity index (χ1) is 3.31. The molecule has 0 heterocycles. The van der Waals surface area contributed by atoms with Crippen LogP contribution in [-0.4, -0.2) is 14.1 Å². The lowest BCUT2D eigenvalue weighted by Gasteiger charge is -2.14. The quantitative estimate of drug-likeness (QED) is 0.351. The Labute approximate surface area is 41.7 Å². The van der Waals surface area contributed by atoms with Crippen molar-refractivity contribution in [1.82, 2.24) is 10.9 Å². The van der Waals surface area contributed by atoms with Gasteiger partial charge in [-0.25, -0.2) is 0 Å². The van der Waals surface area contributed by atoms with E-state index in [1.165, 1.54) is 14.1 Å². The van der Waals surface area contributed by atoms with Crippen LogP contribution in [0.5, 0.6) is 0 Å². The van der Waals surface area contributed by atoms with E-state index in [4.69, 9.17) is 0 Å². The highest BCUT2D eigenvalue weighted by Gasteiger charge is 1.83. The summed E-state index contributed by atoms with van der Waals surface area (Å²) in [6.07, 6.45) is 0. The fourth-order valence-electron chi connectivity index (χ4n) is 0.144. The molecule has 0 aromatic heterocycles. The third-order valence-corrected chi connectivity index (χ3v) is 0.399. The summed E-state index contributed by atoms with van der Waals surface area (Å²) in [5, 5.41) is 9.53. The van der Waals surface area contributed by atoms with Gasteiger partial charge < -0.3 is 5.21 Å². The highest BCUT2D eigenvalue weighted by atomic mass is 17.0. The molecule has 5 nitrogen and oxygen atoms in total. The molecule has 0 fully saturated rings. The van der Waals surface area contributed by atoms with E-state index in [1.807, 2.05) is 0 Å². The van der Waals surface area contributed by atoms with Gasteiger partial charge in [0.25, 0.3) is 0 Å². The maximum atomic E-state index is 10.0. The lowest BCUT2D eigenvalue weighted by atomic mass is 11.5. The van der Waals surface area contributed by atoms with E-state index in [9.17, 15) is 5.21 Å². The van der Waals surface area contributed by atoms with Gasteiger partial charge in [0.05, 0.1) is 0 Å². The summed E-state index contributed by atoms with van der Waals surface area (Å²) in [6, 6.07) is 0. The van der Waals surface area contributed by atoms with Crippen LogP contribution in [0.4, 0.5) is 0 Å². The van der Waals surface area contributed by atoms with Crippen molar-refractivity contribution in [3.05, 3.63) is 5.21 Å². The molecule has 0 radical (unpaired) electrons. The highest BCUT2D eigenvalue weighted by molar-refractivity contribution is 3.88. The minimum absolute atomic E-state index is 0.484. The van der Waals surface area contributed by atoms with Crippen LogP contribution in [0.1, 0.15) is 0 Å². The summed E-state index contributed by atoms with van der Waals surface area (Å²) in [5.74, 6) is 0. The van der Waals surface area contributed by atoms with Gasteiger partial charge >= 0.3 is 0 Å². The van der Waals surface area contributed by atoms with Crippen LogP contribution in [0.3, 0.4) is 0 Å². The van der Waals surface area contributed by atoms with Crippen LogP contribution in [0.25, 0.3) is 0 Å². The maximum absolute atomic E-state index is 10.0. The topological polar surface area (TPSA) is 60.8 Å². The second kappa shape index (κ2) is 3.97. The largest absolute Gasteiger partial charge is 0.578 e. The summed E-state index contributed by atoms with van der Waals surface area (Å²) in [4.78, 5) is 4.19. The van der Waals surface area contributed by atoms with Crippen molar-refractivity contribution in [1.29, 1.82) is 0 Å². The molecular formula is C2H9N3O2. The van der Waals surface area contributed by atoms with Crippen molar-refractivity contribution in [2.75, 3.05) is 14.1 Å². The molecule has 1 unspecified atom stereocenters. The minimum Gasteiger partial charge on any atom is -0.578 e. The Balaban J connectivity index is 2.83. The molecule has 0 bridgehead atoms. The highest BCUT2D eigenvalue weighted by Crippen LogP contribution is 1.29. The van der Waals surface area contributed by atoms with Crippen molar-refractivity contribution >= 4 is 0 Å². The van der Waals surface area contributed by atoms with Gasteiger partial charge in [0.2, 0.25) is 0 Å². The van der Waals surface area contributed by atoms with Crippen molar-refractivity contribution in [2.24, 2.45) is 0 Å². The SMILES string of the molecule is CNO[NH+]([O-])NC. The summed E-state index contributed by atoms with van der Waals surface area (Å²) >= 11 is 0. The van der Waals surface area contributed by atoms with E-state index in [0.717, 1.165) is 0 Å². The Morgan fingerprint density at radius 3 is 2.29 bits per heavy atom. The molecule has 0 amide bonds. The molecule has 0 aromatic carbocycles. The maximum Gasteiger partial charge on any atom is 0.0370 e. The second-order valence-electron chi connectivity index (χ2n) is 0.844. The normalized spacial score (nSPS) is 14.1. The number of nitrogens with one attached hydrogen (secondary N) is 3. The number of rotatable bonds is 3. The molecule has 0 aliphatic heterocycles. The van der Waals surface area contributed by atoms with E-state index in [1.54, 1.807) is 0 Å². The molecule has 0 saturated carbocycles. The monoisotopic (exact) mass is 107 g/mol. The Hall–Kier alpha value is -0.200. The van der Waals surface area contributed by atoms with Crippen molar-refractivity contribution in [3.63, 3.8) is 0 Å². The molecule has 5 heteroatoms. The zero-order valence-corrected chi connectivity index (χ0v) is 4.32. The number of hydrogen-bond donors (Lipinski definition) is 3. The zero-order chi connectivity index (χ0) is 5.70. The molecule has 0 aliphatic rings.